The Bertz CT molecular complexity index is 598. The van der Waals surface area contributed by atoms with E-state index in [-0.39, 0.29) is 24.1 Å². The Morgan fingerprint density at radius 3 is 2.26 bits per heavy atom. The fourth-order valence-electron chi connectivity index (χ4n) is 2.69. The summed E-state index contributed by atoms with van der Waals surface area (Å²) in [6.45, 7) is 8.21. The van der Waals surface area contributed by atoms with Crippen LogP contribution in [-0.4, -0.2) is 61.5 Å². The van der Waals surface area contributed by atoms with Crippen LogP contribution in [0, 0.1) is 5.82 Å². The maximum absolute atomic E-state index is 13.0. The van der Waals surface area contributed by atoms with Gasteiger partial charge in [0.1, 0.15) is 5.82 Å². The molecule has 0 aliphatic heterocycles. The first kappa shape index (κ1) is 22.8. The molecule has 6 heteroatoms. The van der Waals surface area contributed by atoms with Gasteiger partial charge in [0.15, 0.2) is 0 Å². The molecule has 0 heterocycles. The van der Waals surface area contributed by atoms with Crippen LogP contribution < -0.4 is 0 Å². The van der Waals surface area contributed by atoms with Gasteiger partial charge in [-0.1, -0.05) is 26.0 Å². The summed E-state index contributed by atoms with van der Waals surface area (Å²) in [4.78, 5) is 28.0. The molecule has 1 rings (SSSR count). The molecule has 0 bridgehead atoms. The second kappa shape index (κ2) is 13.0. The molecule has 0 spiro atoms. The van der Waals surface area contributed by atoms with Crippen molar-refractivity contribution < 1.29 is 18.7 Å². The van der Waals surface area contributed by atoms with Gasteiger partial charge in [-0.05, 0) is 56.2 Å². The largest absolute Gasteiger partial charge is 0.469 e. The lowest BCUT2D eigenvalue weighted by Gasteiger charge is -2.22. The number of nitrogens with zero attached hydrogens (tertiary/aromatic N) is 2. The number of benzene rings is 1. The maximum Gasteiger partial charge on any atom is 0.307 e. The first-order valence-electron chi connectivity index (χ1n) is 9.51. The van der Waals surface area contributed by atoms with Crippen molar-refractivity contribution in [3.05, 3.63) is 41.7 Å². The van der Waals surface area contributed by atoms with Crippen molar-refractivity contribution in [3.63, 3.8) is 0 Å². The minimum atomic E-state index is -0.335. The van der Waals surface area contributed by atoms with Crippen LogP contribution in [0.15, 0.2) is 30.3 Å². The fraction of sp³-hybridized carbons (Fsp3) is 0.524. The highest BCUT2D eigenvalue weighted by Gasteiger charge is 2.13. The molecule has 0 atom stereocenters. The molecule has 0 aliphatic rings. The number of esters is 1. The third-order valence-electron chi connectivity index (χ3n) is 4.46. The third kappa shape index (κ3) is 9.33. The van der Waals surface area contributed by atoms with Gasteiger partial charge < -0.3 is 14.5 Å². The van der Waals surface area contributed by atoms with Gasteiger partial charge in [0.25, 0.3) is 0 Å². The summed E-state index contributed by atoms with van der Waals surface area (Å²) in [5.74, 6) is -0.809. The van der Waals surface area contributed by atoms with Crippen LogP contribution in [0.5, 0.6) is 0 Å². The van der Waals surface area contributed by atoms with E-state index in [4.69, 9.17) is 0 Å². The average molecular weight is 378 g/mol. The van der Waals surface area contributed by atoms with Gasteiger partial charge in [-0.25, -0.2) is 4.39 Å². The monoisotopic (exact) mass is 378 g/mol. The van der Waals surface area contributed by atoms with Gasteiger partial charge >= 0.3 is 5.97 Å². The number of carbonyl (C=O) groups is 2. The Morgan fingerprint density at radius 1 is 1.04 bits per heavy atom. The summed E-state index contributed by atoms with van der Waals surface area (Å²) in [5.41, 5.74) is 0.749. The molecule has 0 fully saturated rings. The van der Waals surface area contributed by atoms with Crippen LogP contribution in [0.4, 0.5) is 4.39 Å². The van der Waals surface area contributed by atoms with E-state index in [1.54, 1.807) is 23.1 Å². The van der Waals surface area contributed by atoms with Crippen molar-refractivity contribution in [2.75, 3.05) is 39.8 Å². The highest BCUT2D eigenvalue weighted by molar-refractivity contribution is 5.92. The summed E-state index contributed by atoms with van der Waals surface area (Å²) >= 11 is 0. The lowest BCUT2D eigenvalue weighted by atomic mass is 10.2. The minimum absolute atomic E-state index is 0.161. The van der Waals surface area contributed by atoms with E-state index in [0.717, 1.165) is 38.0 Å². The highest BCUT2D eigenvalue weighted by atomic mass is 19.1. The molecular formula is C21H31FN2O3. The second-order valence-corrected chi connectivity index (χ2v) is 6.27. The van der Waals surface area contributed by atoms with Crippen molar-refractivity contribution in [2.24, 2.45) is 0 Å². The van der Waals surface area contributed by atoms with E-state index in [1.807, 2.05) is 0 Å². The molecule has 150 valence electrons. The Labute approximate surface area is 161 Å². The SMILES string of the molecule is CCN(CC)CCCCN(CCC(=O)OC)C(=O)/C=C/c1ccc(F)cc1. The summed E-state index contributed by atoms with van der Waals surface area (Å²) in [6, 6.07) is 5.93. The number of ether oxygens (including phenoxy) is 1. The van der Waals surface area contributed by atoms with Crippen molar-refractivity contribution in [2.45, 2.75) is 33.1 Å². The molecule has 5 nitrogen and oxygen atoms in total. The Morgan fingerprint density at radius 2 is 1.67 bits per heavy atom. The summed E-state index contributed by atoms with van der Waals surface area (Å²) < 4.78 is 17.6. The van der Waals surface area contributed by atoms with Crippen LogP contribution in [0.25, 0.3) is 6.08 Å². The molecule has 0 N–H and O–H groups in total. The van der Waals surface area contributed by atoms with Gasteiger partial charge in [0.05, 0.1) is 13.5 Å². The molecule has 0 saturated carbocycles. The molecule has 0 unspecified atom stereocenters. The number of hydrogen-bond donors (Lipinski definition) is 0. The van der Waals surface area contributed by atoms with Gasteiger partial charge in [-0.2, -0.15) is 0 Å². The molecule has 27 heavy (non-hydrogen) atoms. The number of hydrogen-bond acceptors (Lipinski definition) is 4. The molecule has 0 aliphatic carbocycles. The predicted molar refractivity (Wildman–Crippen MR) is 106 cm³/mol. The van der Waals surface area contributed by atoms with Crippen LogP contribution in [0.3, 0.4) is 0 Å². The summed E-state index contributed by atoms with van der Waals surface area (Å²) in [5, 5.41) is 0. The number of rotatable bonds is 12. The number of methoxy groups -OCH3 is 1. The fourth-order valence-corrected chi connectivity index (χ4v) is 2.69. The normalized spacial score (nSPS) is 11.1. The zero-order chi connectivity index (χ0) is 20.1. The van der Waals surface area contributed by atoms with Gasteiger partial charge in [0, 0.05) is 19.2 Å². The first-order valence-corrected chi connectivity index (χ1v) is 9.51. The minimum Gasteiger partial charge on any atom is -0.469 e. The van der Waals surface area contributed by atoms with Gasteiger partial charge in [0.2, 0.25) is 5.91 Å². The molecule has 0 radical (unpaired) electrons. The smallest absolute Gasteiger partial charge is 0.307 e. The average Bonchev–Trinajstić information content (AvgIpc) is 2.69. The van der Waals surface area contributed by atoms with Crippen LogP contribution >= 0.6 is 0 Å². The summed E-state index contributed by atoms with van der Waals surface area (Å²) in [7, 11) is 1.34. The molecule has 0 saturated heterocycles. The van der Waals surface area contributed by atoms with E-state index in [1.165, 1.54) is 25.3 Å². The van der Waals surface area contributed by atoms with E-state index >= 15 is 0 Å². The van der Waals surface area contributed by atoms with Crippen molar-refractivity contribution in [1.29, 1.82) is 0 Å². The molecule has 1 aromatic carbocycles. The number of unbranched alkanes of at least 4 members (excludes halogenated alkanes) is 1. The Balaban J connectivity index is 2.61. The second-order valence-electron chi connectivity index (χ2n) is 6.27. The standard InChI is InChI=1S/C21H31FN2O3/c1-4-23(5-2)15-6-7-16-24(17-14-21(26)27-3)20(25)13-10-18-8-11-19(22)12-9-18/h8-13H,4-7,14-17H2,1-3H3/b13-10+. The molecule has 1 amide bonds. The molecule has 1 aromatic rings. The topological polar surface area (TPSA) is 49.9 Å². The van der Waals surface area contributed by atoms with Crippen molar-refractivity contribution >= 4 is 18.0 Å². The van der Waals surface area contributed by atoms with E-state index in [0.29, 0.717) is 13.1 Å². The number of halogens is 1. The van der Waals surface area contributed by atoms with E-state index in [9.17, 15) is 14.0 Å². The lowest BCUT2D eigenvalue weighted by Crippen LogP contribution is -2.33. The third-order valence-corrected chi connectivity index (χ3v) is 4.46. The number of carbonyl (C=O) groups excluding carboxylic acids is 2. The maximum atomic E-state index is 13.0. The van der Waals surface area contributed by atoms with Crippen molar-refractivity contribution in [1.82, 2.24) is 9.80 Å². The number of amides is 1. The summed E-state index contributed by atoms with van der Waals surface area (Å²) in [6.07, 6.45) is 5.15. The van der Waals surface area contributed by atoms with Gasteiger partial charge in [-0.3, -0.25) is 9.59 Å². The molecular weight excluding hydrogens is 347 g/mol. The van der Waals surface area contributed by atoms with E-state index in [2.05, 4.69) is 23.5 Å². The van der Waals surface area contributed by atoms with E-state index < -0.39 is 0 Å². The highest BCUT2D eigenvalue weighted by Crippen LogP contribution is 2.07. The quantitative estimate of drug-likeness (QED) is 0.318. The van der Waals surface area contributed by atoms with Crippen LogP contribution in [0.1, 0.15) is 38.7 Å². The zero-order valence-electron chi connectivity index (χ0n) is 16.6. The van der Waals surface area contributed by atoms with Crippen LogP contribution in [0.2, 0.25) is 0 Å². The molecule has 0 aromatic heterocycles. The van der Waals surface area contributed by atoms with Crippen molar-refractivity contribution in [3.8, 4) is 0 Å². The Hall–Kier alpha value is -2.21. The zero-order valence-corrected chi connectivity index (χ0v) is 16.6. The Kier molecular flexibility index (Phi) is 11.0. The predicted octanol–water partition coefficient (Wildman–Crippen LogP) is 3.35. The van der Waals surface area contributed by atoms with Crippen LogP contribution in [-0.2, 0) is 14.3 Å². The first-order chi connectivity index (χ1) is 13.0. The van der Waals surface area contributed by atoms with Gasteiger partial charge in [-0.15, -0.1) is 0 Å². The lowest BCUT2D eigenvalue weighted by molar-refractivity contribution is -0.141.